The van der Waals surface area contributed by atoms with E-state index in [1.54, 1.807) is 0 Å². The van der Waals surface area contributed by atoms with Crippen LogP contribution in [0.4, 0.5) is 0 Å². The van der Waals surface area contributed by atoms with E-state index < -0.39 is 6.29 Å². The molecule has 2 heterocycles. The van der Waals surface area contributed by atoms with Crippen molar-refractivity contribution in [2.24, 2.45) is 0 Å². The van der Waals surface area contributed by atoms with Gasteiger partial charge in [0.25, 0.3) is 0 Å². The van der Waals surface area contributed by atoms with Crippen LogP contribution in [0.15, 0.2) is 72.8 Å². The molecule has 5 rings (SSSR count). The number of amides is 2. The fourth-order valence-electron chi connectivity index (χ4n) is 6.37. The highest BCUT2D eigenvalue weighted by Gasteiger charge is 2.33. The van der Waals surface area contributed by atoms with E-state index in [-0.39, 0.29) is 30.6 Å². The molecule has 2 aliphatic rings. The van der Waals surface area contributed by atoms with E-state index in [1.165, 1.54) is 26.2 Å². The summed E-state index contributed by atoms with van der Waals surface area (Å²) in [5.74, 6) is 0.0182. The first-order valence-electron chi connectivity index (χ1n) is 16.9. The molecule has 0 saturated carbocycles. The summed E-state index contributed by atoms with van der Waals surface area (Å²) in [5.41, 5.74) is 6.19. The maximum Gasteiger partial charge on any atom is 0.220 e. The number of ether oxygens (including phenoxy) is 2. The van der Waals surface area contributed by atoms with Crippen LogP contribution in [0.3, 0.4) is 0 Å². The number of nitrogens with zero attached hydrogens (tertiary/aromatic N) is 1. The molecule has 3 aromatic rings. The number of unbranched alkanes of at least 4 members (excludes halogenated alkanes) is 2. The van der Waals surface area contributed by atoms with Gasteiger partial charge in [0, 0.05) is 45.0 Å². The molecule has 0 radical (unpaired) electrons. The van der Waals surface area contributed by atoms with Crippen LogP contribution in [-0.2, 0) is 32.2 Å². The molecule has 2 saturated heterocycles. The van der Waals surface area contributed by atoms with Gasteiger partial charge in [-0.25, -0.2) is 0 Å². The van der Waals surface area contributed by atoms with E-state index in [2.05, 4.69) is 64.1 Å². The van der Waals surface area contributed by atoms with Crippen molar-refractivity contribution in [1.82, 2.24) is 15.5 Å². The number of hydrogen-bond donors (Lipinski definition) is 3. The molecule has 46 heavy (non-hydrogen) atoms. The van der Waals surface area contributed by atoms with Gasteiger partial charge in [0.1, 0.15) is 0 Å². The summed E-state index contributed by atoms with van der Waals surface area (Å²) in [6, 6.07) is 24.6. The van der Waals surface area contributed by atoms with E-state index in [9.17, 15) is 14.7 Å². The molecule has 2 aliphatic heterocycles. The Balaban J connectivity index is 1.22. The molecule has 0 aromatic heterocycles. The molecule has 0 unspecified atom stereocenters. The van der Waals surface area contributed by atoms with Crippen molar-refractivity contribution in [3.05, 3.63) is 95.1 Å². The zero-order valence-corrected chi connectivity index (χ0v) is 27.1. The number of piperidine rings is 1. The molecule has 0 bridgehead atoms. The van der Waals surface area contributed by atoms with Crippen molar-refractivity contribution in [3.8, 4) is 11.1 Å². The first-order valence-corrected chi connectivity index (χ1v) is 16.9. The van der Waals surface area contributed by atoms with Gasteiger partial charge in [0.2, 0.25) is 11.8 Å². The van der Waals surface area contributed by atoms with Crippen LogP contribution in [0.2, 0.25) is 0 Å². The first-order chi connectivity index (χ1) is 22.5. The normalized spacial score (nSPS) is 20.3. The molecule has 246 valence electrons. The summed E-state index contributed by atoms with van der Waals surface area (Å²) < 4.78 is 13.2. The monoisotopic (exact) mass is 627 g/mol. The third kappa shape index (κ3) is 9.97. The van der Waals surface area contributed by atoms with Crippen molar-refractivity contribution < 1.29 is 24.2 Å². The minimum Gasteiger partial charge on any atom is -0.392 e. The number of benzene rings is 3. The molecule has 3 aromatic carbocycles. The highest BCUT2D eigenvalue weighted by atomic mass is 16.7. The van der Waals surface area contributed by atoms with E-state index in [4.69, 9.17) is 9.47 Å². The predicted molar refractivity (Wildman–Crippen MR) is 180 cm³/mol. The Hall–Kier alpha value is -3.56. The summed E-state index contributed by atoms with van der Waals surface area (Å²) in [7, 11) is 0. The second kappa shape index (κ2) is 17.4. The molecule has 8 heteroatoms. The largest absolute Gasteiger partial charge is 0.392 e. The SMILES string of the molecule is CC(=O)NCCCCCC(=O)NCc1ccccc1-c1ccc([C@H]2O[C@@H](CN3CCCCC3)C[C@@H](c3ccc(CO)cc3)O2)cc1. The van der Waals surface area contributed by atoms with Crippen LogP contribution >= 0.6 is 0 Å². The van der Waals surface area contributed by atoms with Crippen molar-refractivity contribution in [1.29, 1.82) is 0 Å². The quantitative estimate of drug-likeness (QED) is 0.184. The summed E-state index contributed by atoms with van der Waals surface area (Å²) in [6.07, 6.45) is 7.12. The number of rotatable bonds is 14. The van der Waals surface area contributed by atoms with Crippen molar-refractivity contribution >= 4 is 11.8 Å². The van der Waals surface area contributed by atoms with Gasteiger partial charge in [-0.3, -0.25) is 9.59 Å². The molecule has 2 fully saturated rings. The molecule has 2 amide bonds. The van der Waals surface area contributed by atoms with Gasteiger partial charge in [-0.2, -0.15) is 0 Å². The van der Waals surface area contributed by atoms with Crippen molar-refractivity contribution in [2.75, 3.05) is 26.2 Å². The Labute approximate surface area is 273 Å². The number of nitrogens with one attached hydrogen (secondary N) is 2. The van der Waals surface area contributed by atoms with E-state index in [0.717, 1.165) is 78.7 Å². The molecule has 0 aliphatic carbocycles. The third-order valence-electron chi connectivity index (χ3n) is 8.97. The second-order valence-corrected chi connectivity index (χ2v) is 12.6. The summed E-state index contributed by atoms with van der Waals surface area (Å²) >= 11 is 0. The molecule has 0 spiro atoms. The predicted octanol–water partition coefficient (Wildman–Crippen LogP) is 6.19. The Morgan fingerprint density at radius 1 is 0.848 bits per heavy atom. The van der Waals surface area contributed by atoms with Crippen LogP contribution in [0, 0.1) is 0 Å². The maximum absolute atomic E-state index is 12.5. The maximum atomic E-state index is 12.5. The molecule has 8 nitrogen and oxygen atoms in total. The number of hydrogen-bond acceptors (Lipinski definition) is 6. The number of carbonyl (C=O) groups excluding carboxylic acids is 2. The van der Waals surface area contributed by atoms with Crippen LogP contribution in [0.5, 0.6) is 0 Å². The Morgan fingerprint density at radius 3 is 2.33 bits per heavy atom. The Morgan fingerprint density at radius 2 is 1.59 bits per heavy atom. The second-order valence-electron chi connectivity index (χ2n) is 12.6. The Kier molecular flexibility index (Phi) is 12.8. The lowest BCUT2D eigenvalue weighted by molar-refractivity contribution is -0.253. The van der Waals surface area contributed by atoms with Gasteiger partial charge in [-0.05, 0) is 66.6 Å². The van der Waals surface area contributed by atoms with Gasteiger partial charge in [0.05, 0.1) is 18.8 Å². The van der Waals surface area contributed by atoms with Crippen molar-refractivity contribution in [3.63, 3.8) is 0 Å². The standard InChI is InChI=1S/C38H49N3O5/c1-28(43)39-21-7-2-4-12-37(44)40-25-33-10-5-6-11-35(33)30-17-19-32(20-18-30)38-45-34(26-41-22-8-3-9-23-41)24-36(46-38)31-15-13-29(27-42)14-16-31/h5-6,10-11,13-20,34,36,38,42H,2-4,7-9,12,21-27H2,1H3,(H,39,43)(H,40,44)/t34-,36+,38+/m1/s1. The fourth-order valence-corrected chi connectivity index (χ4v) is 6.37. The van der Waals surface area contributed by atoms with E-state index in [1.807, 2.05) is 24.3 Å². The number of likely N-dealkylation sites (tertiary alicyclic amines) is 1. The van der Waals surface area contributed by atoms with Crippen molar-refractivity contribution in [2.45, 2.75) is 89.9 Å². The Bertz CT molecular complexity index is 1390. The molecular weight excluding hydrogens is 578 g/mol. The molecule has 3 atom stereocenters. The summed E-state index contributed by atoms with van der Waals surface area (Å²) in [4.78, 5) is 26.0. The minimum atomic E-state index is -0.479. The van der Waals surface area contributed by atoms with Gasteiger partial charge >= 0.3 is 0 Å². The van der Waals surface area contributed by atoms with Gasteiger partial charge in [-0.1, -0.05) is 85.6 Å². The van der Waals surface area contributed by atoms with E-state index in [0.29, 0.717) is 19.5 Å². The van der Waals surface area contributed by atoms with Gasteiger partial charge in [-0.15, -0.1) is 0 Å². The van der Waals surface area contributed by atoms with Crippen LogP contribution in [-0.4, -0.2) is 54.1 Å². The zero-order valence-electron chi connectivity index (χ0n) is 27.1. The summed E-state index contributed by atoms with van der Waals surface area (Å²) in [5, 5.41) is 15.4. The topological polar surface area (TPSA) is 100 Å². The average molecular weight is 628 g/mol. The highest BCUT2D eigenvalue weighted by Crippen LogP contribution is 2.39. The van der Waals surface area contributed by atoms with Crippen LogP contribution < -0.4 is 10.6 Å². The van der Waals surface area contributed by atoms with E-state index >= 15 is 0 Å². The van der Waals surface area contributed by atoms with Gasteiger partial charge < -0.3 is 30.1 Å². The summed E-state index contributed by atoms with van der Waals surface area (Å²) in [6.45, 7) is 5.80. The first kappa shape index (κ1) is 33.8. The number of aliphatic hydroxyl groups is 1. The molecular formula is C38H49N3O5. The zero-order chi connectivity index (χ0) is 32.1. The van der Waals surface area contributed by atoms with Crippen LogP contribution in [0.25, 0.3) is 11.1 Å². The van der Waals surface area contributed by atoms with Gasteiger partial charge in [0.15, 0.2) is 6.29 Å². The lowest BCUT2D eigenvalue weighted by Crippen LogP contribution is -2.41. The minimum absolute atomic E-state index is 0.0197. The molecule has 3 N–H and O–H groups in total. The lowest BCUT2D eigenvalue weighted by Gasteiger charge is -2.39. The van der Waals surface area contributed by atoms with Crippen LogP contribution in [0.1, 0.15) is 92.9 Å². The fraction of sp³-hybridized carbons (Fsp3) is 0.474. The highest BCUT2D eigenvalue weighted by molar-refractivity contribution is 5.76. The average Bonchev–Trinajstić information content (AvgIpc) is 3.09. The lowest BCUT2D eigenvalue weighted by atomic mass is 9.97. The number of carbonyl (C=O) groups is 2. The third-order valence-corrected chi connectivity index (χ3v) is 8.97. The smallest absolute Gasteiger partial charge is 0.220 e. The number of aliphatic hydroxyl groups excluding tert-OH is 1.